The largest absolute Gasteiger partial charge is 0.477 e. The summed E-state index contributed by atoms with van der Waals surface area (Å²) in [7, 11) is 0. The Labute approximate surface area is 119 Å². The average Bonchev–Trinajstić information content (AvgIpc) is 2.46. The smallest absolute Gasteiger partial charge is 0.354 e. The molecule has 2 N–H and O–H groups in total. The molecule has 0 radical (unpaired) electrons. The summed E-state index contributed by atoms with van der Waals surface area (Å²) in [6.45, 7) is 0.244. The van der Waals surface area contributed by atoms with Gasteiger partial charge in [0.25, 0.3) is 5.91 Å². The van der Waals surface area contributed by atoms with Crippen molar-refractivity contribution < 1.29 is 14.7 Å². The maximum atomic E-state index is 11.8. The number of carboxylic acids is 1. The zero-order chi connectivity index (χ0) is 14.5. The molecule has 2 aromatic rings. The van der Waals surface area contributed by atoms with Crippen LogP contribution in [-0.4, -0.2) is 27.0 Å². The van der Waals surface area contributed by atoms with Crippen LogP contribution < -0.4 is 5.32 Å². The molecule has 6 nitrogen and oxygen atoms in total. The summed E-state index contributed by atoms with van der Waals surface area (Å²) in [6.07, 6.45) is 2.79. The minimum atomic E-state index is -1.09. The second-order valence-electron chi connectivity index (χ2n) is 3.91. The summed E-state index contributed by atoms with van der Waals surface area (Å²) in [6, 6.07) is 6.07. The Morgan fingerprint density at radius 1 is 1.15 bits per heavy atom. The fourth-order valence-electron chi connectivity index (χ4n) is 1.45. The lowest BCUT2D eigenvalue weighted by molar-refractivity contribution is 0.0690. The summed E-state index contributed by atoms with van der Waals surface area (Å²) in [5.41, 5.74) is 1.05. The van der Waals surface area contributed by atoms with Gasteiger partial charge in [-0.25, -0.2) is 14.8 Å². The summed E-state index contributed by atoms with van der Waals surface area (Å²) in [4.78, 5) is 30.0. The molecule has 0 unspecified atom stereocenters. The van der Waals surface area contributed by atoms with E-state index in [1.807, 2.05) is 0 Å². The number of pyridine rings is 2. The third kappa shape index (κ3) is 3.52. The highest BCUT2D eigenvalue weighted by atomic mass is 35.5. The van der Waals surface area contributed by atoms with Crippen molar-refractivity contribution in [3.63, 3.8) is 0 Å². The molecular formula is C13H10ClN3O3. The predicted molar refractivity (Wildman–Crippen MR) is 71.6 cm³/mol. The lowest BCUT2D eigenvalue weighted by Gasteiger charge is -2.05. The molecule has 0 aliphatic rings. The summed E-state index contributed by atoms with van der Waals surface area (Å²) < 4.78 is 0. The van der Waals surface area contributed by atoms with Crippen LogP contribution in [0, 0.1) is 0 Å². The van der Waals surface area contributed by atoms with Gasteiger partial charge in [0.05, 0.1) is 5.56 Å². The molecule has 2 aromatic heterocycles. The maximum Gasteiger partial charge on any atom is 0.354 e. The molecule has 0 saturated heterocycles. The van der Waals surface area contributed by atoms with Gasteiger partial charge in [0, 0.05) is 18.9 Å². The van der Waals surface area contributed by atoms with Crippen LogP contribution in [0.4, 0.5) is 0 Å². The van der Waals surface area contributed by atoms with Crippen LogP contribution in [0.2, 0.25) is 5.15 Å². The summed E-state index contributed by atoms with van der Waals surface area (Å²) in [5, 5.41) is 11.7. The first-order valence-electron chi connectivity index (χ1n) is 5.64. The van der Waals surface area contributed by atoms with Crippen molar-refractivity contribution >= 4 is 23.5 Å². The van der Waals surface area contributed by atoms with E-state index >= 15 is 0 Å². The van der Waals surface area contributed by atoms with E-state index in [0.29, 0.717) is 16.3 Å². The average molecular weight is 292 g/mol. The number of halogens is 1. The molecule has 0 spiro atoms. The Morgan fingerprint density at radius 2 is 1.95 bits per heavy atom. The molecule has 0 aliphatic heterocycles. The number of rotatable bonds is 4. The van der Waals surface area contributed by atoms with Crippen LogP contribution in [0.3, 0.4) is 0 Å². The van der Waals surface area contributed by atoms with Gasteiger partial charge < -0.3 is 10.4 Å². The van der Waals surface area contributed by atoms with E-state index < -0.39 is 5.97 Å². The number of carboxylic acid groups (broad SMARTS) is 1. The first-order chi connectivity index (χ1) is 9.56. The fraction of sp³-hybridized carbons (Fsp3) is 0.0769. The highest BCUT2D eigenvalue weighted by molar-refractivity contribution is 6.29. The molecule has 0 aromatic carbocycles. The van der Waals surface area contributed by atoms with Gasteiger partial charge in [-0.05, 0) is 23.8 Å². The topological polar surface area (TPSA) is 92.2 Å². The van der Waals surface area contributed by atoms with Crippen LogP contribution >= 0.6 is 11.6 Å². The van der Waals surface area contributed by atoms with Crippen molar-refractivity contribution in [3.8, 4) is 0 Å². The van der Waals surface area contributed by atoms with Crippen molar-refractivity contribution in [3.05, 3.63) is 58.6 Å². The molecule has 0 fully saturated rings. The van der Waals surface area contributed by atoms with Gasteiger partial charge in [0.1, 0.15) is 10.8 Å². The van der Waals surface area contributed by atoms with E-state index in [9.17, 15) is 9.59 Å². The zero-order valence-electron chi connectivity index (χ0n) is 10.2. The monoisotopic (exact) mass is 291 g/mol. The van der Waals surface area contributed by atoms with Crippen molar-refractivity contribution in [1.82, 2.24) is 15.3 Å². The van der Waals surface area contributed by atoms with E-state index in [4.69, 9.17) is 16.7 Å². The zero-order valence-corrected chi connectivity index (χ0v) is 11.0. The molecule has 0 saturated carbocycles. The van der Waals surface area contributed by atoms with Crippen LogP contribution in [0.1, 0.15) is 26.4 Å². The lowest BCUT2D eigenvalue weighted by Crippen LogP contribution is -2.23. The number of aromatic carboxylic acids is 1. The number of nitrogens with one attached hydrogen (secondary N) is 1. The predicted octanol–water partition coefficient (Wildman–Crippen LogP) is 1.76. The Bertz CT molecular complexity index is 626. The van der Waals surface area contributed by atoms with Gasteiger partial charge >= 0.3 is 5.97 Å². The number of hydrogen-bond acceptors (Lipinski definition) is 4. The summed E-state index contributed by atoms with van der Waals surface area (Å²) >= 11 is 5.63. The van der Waals surface area contributed by atoms with E-state index in [2.05, 4.69) is 15.3 Å². The molecule has 2 heterocycles. The molecule has 1 amide bonds. The van der Waals surface area contributed by atoms with Crippen LogP contribution in [0.5, 0.6) is 0 Å². The van der Waals surface area contributed by atoms with Gasteiger partial charge in [-0.3, -0.25) is 4.79 Å². The number of carbonyl (C=O) groups is 2. The van der Waals surface area contributed by atoms with E-state index in [1.54, 1.807) is 12.1 Å². The number of aromatic nitrogens is 2. The van der Waals surface area contributed by atoms with E-state index in [0.717, 1.165) is 0 Å². The molecule has 7 heteroatoms. The Morgan fingerprint density at radius 3 is 2.50 bits per heavy atom. The van der Waals surface area contributed by atoms with Gasteiger partial charge in [-0.15, -0.1) is 0 Å². The minimum absolute atomic E-state index is 0.0398. The Hall–Kier alpha value is -2.47. The highest BCUT2D eigenvalue weighted by Gasteiger charge is 2.07. The summed E-state index contributed by atoms with van der Waals surface area (Å²) in [5.74, 6) is -1.38. The van der Waals surface area contributed by atoms with Gasteiger partial charge in [-0.2, -0.15) is 0 Å². The first kappa shape index (κ1) is 14.0. The Kier molecular flexibility index (Phi) is 4.27. The molecule has 102 valence electrons. The van der Waals surface area contributed by atoms with Gasteiger partial charge in [0.15, 0.2) is 0 Å². The van der Waals surface area contributed by atoms with E-state index in [-0.39, 0.29) is 18.1 Å². The molecule has 0 atom stereocenters. The molecule has 0 aliphatic carbocycles. The van der Waals surface area contributed by atoms with Crippen LogP contribution in [0.25, 0.3) is 0 Å². The molecule has 0 bridgehead atoms. The Balaban J connectivity index is 1.96. The molecule has 20 heavy (non-hydrogen) atoms. The third-order valence-electron chi connectivity index (χ3n) is 2.49. The van der Waals surface area contributed by atoms with Gasteiger partial charge in [0.2, 0.25) is 0 Å². The number of carbonyl (C=O) groups excluding carboxylic acids is 1. The number of amides is 1. The SMILES string of the molecule is O=C(NCc1ccc(C(=O)O)nc1)c1ccc(Cl)nc1. The van der Waals surface area contributed by atoms with Crippen LogP contribution in [-0.2, 0) is 6.54 Å². The normalized spacial score (nSPS) is 10.1. The van der Waals surface area contributed by atoms with Crippen molar-refractivity contribution in [1.29, 1.82) is 0 Å². The quantitative estimate of drug-likeness (QED) is 0.837. The number of nitrogens with zero attached hydrogens (tertiary/aromatic N) is 2. The van der Waals surface area contributed by atoms with Gasteiger partial charge in [-0.1, -0.05) is 17.7 Å². The van der Waals surface area contributed by atoms with Crippen molar-refractivity contribution in [2.75, 3.05) is 0 Å². The molecular weight excluding hydrogens is 282 g/mol. The van der Waals surface area contributed by atoms with Crippen molar-refractivity contribution in [2.45, 2.75) is 6.54 Å². The van der Waals surface area contributed by atoms with Crippen molar-refractivity contribution in [2.24, 2.45) is 0 Å². The second-order valence-corrected chi connectivity index (χ2v) is 4.30. The second kappa shape index (κ2) is 6.12. The van der Waals surface area contributed by atoms with Crippen LogP contribution in [0.15, 0.2) is 36.7 Å². The molecule has 2 rings (SSSR count). The fourth-order valence-corrected chi connectivity index (χ4v) is 1.56. The van der Waals surface area contributed by atoms with E-state index in [1.165, 1.54) is 24.5 Å². The minimum Gasteiger partial charge on any atom is -0.477 e. The highest BCUT2D eigenvalue weighted by Crippen LogP contribution is 2.06. The maximum absolute atomic E-state index is 11.8. The first-order valence-corrected chi connectivity index (χ1v) is 6.02. The lowest BCUT2D eigenvalue weighted by atomic mass is 10.2. The standard InChI is InChI=1S/C13H10ClN3O3/c14-11-4-2-9(7-16-11)12(18)17-6-8-1-3-10(13(19)20)15-5-8/h1-5,7H,6H2,(H,17,18)(H,19,20). The number of hydrogen-bond donors (Lipinski definition) is 2. The third-order valence-corrected chi connectivity index (χ3v) is 2.71.